The van der Waals surface area contributed by atoms with E-state index in [1.54, 1.807) is 18.2 Å². The van der Waals surface area contributed by atoms with E-state index >= 15 is 0 Å². The molecule has 1 aliphatic rings. The van der Waals surface area contributed by atoms with Gasteiger partial charge in [-0.2, -0.15) is 0 Å². The molecule has 3 N–H and O–H groups in total. The lowest BCUT2D eigenvalue weighted by molar-refractivity contribution is 0.0934. The van der Waals surface area contributed by atoms with Gasteiger partial charge >= 0.3 is 0 Å². The fourth-order valence-electron chi connectivity index (χ4n) is 2.29. The number of hydrogen-bond acceptors (Lipinski definition) is 4. The Hall–Kier alpha value is -2.14. The first-order chi connectivity index (χ1) is 9.65. The van der Waals surface area contributed by atoms with E-state index in [1.807, 2.05) is 6.07 Å². The van der Waals surface area contributed by atoms with Crippen LogP contribution in [0.5, 0.6) is 5.75 Å². The lowest BCUT2D eigenvalue weighted by Gasteiger charge is -2.14. The third kappa shape index (κ3) is 2.20. The van der Waals surface area contributed by atoms with Gasteiger partial charge in [-0.25, -0.2) is 0 Å². The number of amides is 1. The van der Waals surface area contributed by atoms with Gasteiger partial charge < -0.3 is 15.5 Å². The lowest BCUT2D eigenvalue weighted by Crippen LogP contribution is -2.32. The molecule has 1 aliphatic carbocycles. The summed E-state index contributed by atoms with van der Waals surface area (Å²) in [4.78, 5) is 16.4. The standard InChI is InChI=1S/C15H16N2O3/c18-9-15(5-6-15)8-17-14(20)13-10-3-1-2-4-11(10)16-7-12(13)19/h1-4,7,18-19H,5-6,8-9H2,(H,17,20). The highest BCUT2D eigenvalue weighted by atomic mass is 16.3. The molecule has 0 radical (unpaired) electrons. The second-order valence-electron chi connectivity index (χ2n) is 5.38. The van der Waals surface area contributed by atoms with Gasteiger partial charge in [0.25, 0.3) is 5.91 Å². The topological polar surface area (TPSA) is 82.5 Å². The maximum Gasteiger partial charge on any atom is 0.255 e. The third-order valence-corrected chi connectivity index (χ3v) is 3.90. The molecule has 1 aromatic carbocycles. The average Bonchev–Trinajstić information content (AvgIpc) is 3.25. The Labute approximate surface area is 116 Å². The normalized spacial score (nSPS) is 16.1. The number of nitrogens with one attached hydrogen (secondary N) is 1. The van der Waals surface area contributed by atoms with Crippen LogP contribution in [-0.2, 0) is 0 Å². The highest BCUT2D eigenvalue weighted by Gasteiger charge is 2.42. The molecule has 0 saturated heterocycles. The predicted molar refractivity (Wildman–Crippen MR) is 74.5 cm³/mol. The molecule has 5 heteroatoms. The lowest BCUT2D eigenvalue weighted by atomic mass is 10.1. The number of aromatic nitrogens is 1. The summed E-state index contributed by atoms with van der Waals surface area (Å²) in [6, 6.07) is 7.19. The van der Waals surface area contributed by atoms with Gasteiger partial charge in [0.2, 0.25) is 0 Å². The smallest absolute Gasteiger partial charge is 0.255 e. The maximum absolute atomic E-state index is 12.3. The van der Waals surface area contributed by atoms with Crippen LogP contribution in [0.2, 0.25) is 0 Å². The minimum absolute atomic E-state index is 0.0797. The van der Waals surface area contributed by atoms with Crippen molar-refractivity contribution in [1.29, 1.82) is 0 Å². The van der Waals surface area contributed by atoms with E-state index in [2.05, 4.69) is 10.3 Å². The van der Waals surface area contributed by atoms with Gasteiger partial charge in [-0.3, -0.25) is 9.78 Å². The van der Waals surface area contributed by atoms with Gasteiger partial charge in [0.05, 0.1) is 23.9 Å². The van der Waals surface area contributed by atoms with Crippen LogP contribution in [0.25, 0.3) is 10.9 Å². The van der Waals surface area contributed by atoms with Crippen molar-refractivity contribution in [3.8, 4) is 5.75 Å². The van der Waals surface area contributed by atoms with Crippen LogP contribution in [0.1, 0.15) is 23.2 Å². The van der Waals surface area contributed by atoms with E-state index in [0.29, 0.717) is 17.4 Å². The van der Waals surface area contributed by atoms with Crippen LogP contribution in [0, 0.1) is 5.41 Å². The van der Waals surface area contributed by atoms with Gasteiger partial charge in [0.1, 0.15) is 5.75 Å². The van der Waals surface area contributed by atoms with Crippen LogP contribution >= 0.6 is 0 Å². The molecular weight excluding hydrogens is 256 g/mol. The molecule has 0 unspecified atom stereocenters. The molecule has 1 aromatic heterocycles. The molecule has 2 aromatic rings. The Morgan fingerprint density at radius 2 is 2.10 bits per heavy atom. The van der Waals surface area contributed by atoms with E-state index < -0.39 is 0 Å². The number of benzene rings is 1. The molecule has 104 valence electrons. The summed E-state index contributed by atoms with van der Waals surface area (Å²) in [5, 5.41) is 22.6. The summed E-state index contributed by atoms with van der Waals surface area (Å²) in [6.07, 6.45) is 3.13. The fraction of sp³-hybridized carbons (Fsp3) is 0.333. The summed E-state index contributed by atoms with van der Waals surface area (Å²) >= 11 is 0. The van der Waals surface area contributed by atoms with E-state index in [1.165, 1.54) is 6.20 Å². The molecule has 3 rings (SSSR count). The number of nitrogens with zero attached hydrogens (tertiary/aromatic N) is 1. The highest BCUT2D eigenvalue weighted by molar-refractivity contribution is 6.08. The summed E-state index contributed by atoms with van der Waals surface area (Å²) in [5.41, 5.74) is 0.747. The summed E-state index contributed by atoms with van der Waals surface area (Å²) in [7, 11) is 0. The number of aliphatic hydroxyl groups excluding tert-OH is 1. The average molecular weight is 272 g/mol. The molecule has 0 atom stereocenters. The fourth-order valence-corrected chi connectivity index (χ4v) is 2.29. The van der Waals surface area contributed by atoms with Crippen molar-refractivity contribution in [2.75, 3.05) is 13.2 Å². The van der Waals surface area contributed by atoms with Crippen LogP contribution in [-0.4, -0.2) is 34.3 Å². The van der Waals surface area contributed by atoms with Gasteiger partial charge in [-0.05, 0) is 18.9 Å². The maximum atomic E-state index is 12.3. The van der Waals surface area contributed by atoms with Crippen molar-refractivity contribution in [2.24, 2.45) is 5.41 Å². The molecule has 0 aliphatic heterocycles. The number of carbonyl (C=O) groups is 1. The van der Waals surface area contributed by atoms with Crippen LogP contribution < -0.4 is 5.32 Å². The summed E-state index contributed by atoms with van der Waals surface area (Å²) in [5.74, 6) is -0.462. The van der Waals surface area contributed by atoms with Crippen molar-refractivity contribution < 1.29 is 15.0 Å². The van der Waals surface area contributed by atoms with Gasteiger partial charge in [-0.1, -0.05) is 18.2 Å². The number of fused-ring (bicyclic) bond motifs is 1. The molecule has 1 saturated carbocycles. The number of carbonyl (C=O) groups excluding carboxylic acids is 1. The van der Waals surface area contributed by atoms with E-state index in [9.17, 15) is 15.0 Å². The molecular formula is C15H16N2O3. The number of hydrogen-bond donors (Lipinski definition) is 3. The second kappa shape index (κ2) is 4.76. The van der Waals surface area contributed by atoms with Crippen LogP contribution in [0.4, 0.5) is 0 Å². The molecule has 1 heterocycles. The SMILES string of the molecule is O=C(NCC1(CO)CC1)c1c(O)cnc2ccccc12. The Balaban J connectivity index is 1.89. The molecule has 0 bridgehead atoms. The Kier molecular flexibility index (Phi) is 3.06. The van der Waals surface area contributed by atoms with E-state index in [0.717, 1.165) is 12.8 Å². The highest BCUT2D eigenvalue weighted by Crippen LogP contribution is 2.44. The van der Waals surface area contributed by atoms with Crippen molar-refractivity contribution >= 4 is 16.8 Å². The zero-order chi connectivity index (χ0) is 14.2. The van der Waals surface area contributed by atoms with E-state index in [4.69, 9.17) is 0 Å². The summed E-state index contributed by atoms with van der Waals surface area (Å²) in [6.45, 7) is 0.509. The van der Waals surface area contributed by atoms with Gasteiger partial charge in [0.15, 0.2) is 0 Å². The third-order valence-electron chi connectivity index (χ3n) is 3.90. The van der Waals surface area contributed by atoms with Gasteiger partial charge in [0, 0.05) is 17.3 Å². The molecule has 1 fully saturated rings. The van der Waals surface area contributed by atoms with Crippen molar-refractivity contribution in [2.45, 2.75) is 12.8 Å². The summed E-state index contributed by atoms with van der Waals surface area (Å²) < 4.78 is 0. The van der Waals surface area contributed by atoms with Crippen molar-refractivity contribution in [3.05, 3.63) is 36.0 Å². The number of rotatable bonds is 4. The largest absolute Gasteiger partial charge is 0.505 e. The molecule has 0 spiro atoms. The Bertz CT molecular complexity index is 665. The zero-order valence-corrected chi connectivity index (χ0v) is 11.0. The first-order valence-corrected chi connectivity index (χ1v) is 6.61. The quantitative estimate of drug-likeness (QED) is 0.786. The minimum atomic E-state index is -0.333. The monoisotopic (exact) mass is 272 g/mol. The van der Waals surface area contributed by atoms with E-state index in [-0.39, 0.29) is 29.2 Å². The minimum Gasteiger partial charge on any atom is -0.505 e. The van der Waals surface area contributed by atoms with Gasteiger partial charge in [-0.15, -0.1) is 0 Å². The van der Waals surface area contributed by atoms with Crippen LogP contribution in [0.3, 0.4) is 0 Å². The van der Waals surface area contributed by atoms with Crippen LogP contribution in [0.15, 0.2) is 30.5 Å². The Morgan fingerprint density at radius 1 is 1.35 bits per heavy atom. The number of aliphatic hydroxyl groups is 1. The molecule has 5 nitrogen and oxygen atoms in total. The Morgan fingerprint density at radius 3 is 2.80 bits per heavy atom. The number of pyridine rings is 1. The number of para-hydroxylation sites is 1. The second-order valence-corrected chi connectivity index (χ2v) is 5.38. The zero-order valence-electron chi connectivity index (χ0n) is 11.0. The number of aromatic hydroxyl groups is 1. The molecule has 1 amide bonds. The van der Waals surface area contributed by atoms with Crippen molar-refractivity contribution in [1.82, 2.24) is 10.3 Å². The molecule has 20 heavy (non-hydrogen) atoms. The first kappa shape index (κ1) is 12.9. The first-order valence-electron chi connectivity index (χ1n) is 6.61. The predicted octanol–water partition coefficient (Wildman–Crippen LogP) is 1.44. The van der Waals surface area contributed by atoms with Crippen molar-refractivity contribution in [3.63, 3.8) is 0 Å².